The zero-order valence-electron chi connectivity index (χ0n) is 12.0. The highest BCUT2D eigenvalue weighted by molar-refractivity contribution is 5.71. The maximum atomic E-state index is 14.2. The molecule has 106 valence electrons. The van der Waals surface area contributed by atoms with Gasteiger partial charge in [-0.15, -0.1) is 0 Å². The van der Waals surface area contributed by atoms with Crippen molar-refractivity contribution in [2.75, 3.05) is 26.1 Å². The van der Waals surface area contributed by atoms with Crippen LogP contribution in [0.3, 0.4) is 0 Å². The van der Waals surface area contributed by atoms with Gasteiger partial charge in [-0.1, -0.05) is 24.3 Å². The van der Waals surface area contributed by atoms with Crippen LogP contribution in [0.25, 0.3) is 0 Å². The molecular weight excluding hydrogens is 255 g/mol. The van der Waals surface area contributed by atoms with Gasteiger partial charge in [0.2, 0.25) is 0 Å². The smallest absolute Gasteiger partial charge is 0.147 e. The van der Waals surface area contributed by atoms with E-state index in [0.29, 0.717) is 18.0 Å². The van der Waals surface area contributed by atoms with E-state index in [4.69, 9.17) is 4.74 Å². The van der Waals surface area contributed by atoms with Crippen LogP contribution in [0.1, 0.15) is 5.56 Å². The third-order valence-corrected chi connectivity index (χ3v) is 3.22. The van der Waals surface area contributed by atoms with Gasteiger partial charge in [0, 0.05) is 13.6 Å². The van der Waals surface area contributed by atoms with Crippen LogP contribution in [0.2, 0.25) is 0 Å². The SMILES string of the molecule is CNCc1cccc(F)c1N(C)c1ccccc1OC. The second-order valence-corrected chi connectivity index (χ2v) is 4.51. The summed E-state index contributed by atoms with van der Waals surface area (Å²) in [5.74, 6) is 0.472. The van der Waals surface area contributed by atoms with E-state index in [2.05, 4.69) is 5.32 Å². The van der Waals surface area contributed by atoms with E-state index in [1.165, 1.54) is 6.07 Å². The van der Waals surface area contributed by atoms with Crippen molar-refractivity contribution in [3.63, 3.8) is 0 Å². The Morgan fingerprint density at radius 2 is 1.90 bits per heavy atom. The Morgan fingerprint density at radius 1 is 1.15 bits per heavy atom. The summed E-state index contributed by atoms with van der Waals surface area (Å²) in [4.78, 5) is 1.82. The molecule has 0 atom stereocenters. The van der Waals surface area contributed by atoms with E-state index < -0.39 is 0 Å². The summed E-state index contributed by atoms with van der Waals surface area (Å²) in [7, 11) is 5.30. The molecule has 0 aliphatic heterocycles. The van der Waals surface area contributed by atoms with Crippen LogP contribution in [0.5, 0.6) is 5.75 Å². The zero-order chi connectivity index (χ0) is 14.5. The van der Waals surface area contributed by atoms with Crippen molar-refractivity contribution in [1.82, 2.24) is 5.32 Å². The monoisotopic (exact) mass is 274 g/mol. The van der Waals surface area contributed by atoms with Crippen LogP contribution in [-0.4, -0.2) is 21.2 Å². The largest absolute Gasteiger partial charge is 0.495 e. The molecule has 0 saturated heterocycles. The molecule has 0 heterocycles. The van der Waals surface area contributed by atoms with Crippen molar-refractivity contribution in [3.8, 4) is 5.75 Å². The number of benzene rings is 2. The number of methoxy groups -OCH3 is 1. The molecule has 0 spiro atoms. The van der Waals surface area contributed by atoms with E-state index >= 15 is 0 Å². The lowest BCUT2D eigenvalue weighted by atomic mass is 10.1. The number of nitrogens with zero attached hydrogens (tertiary/aromatic N) is 1. The number of halogens is 1. The standard InChI is InChI=1S/C16H19FN2O/c1-18-11-12-7-6-8-13(17)16(12)19(2)14-9-4-5-10-15(14)20-3/h4-10,18H,11H2,1-3H3. The molecule has 3 nitrogen and oxygen atoms in total. The summed E-state index contributed by atoms with van der Waals surface area (Å²) in [5.41, 5.74) is 2.30. The lowest BCUT2D eigenvalue weighted by Crippen LogP contribution is -2.17. The third kappa shape index (κ3) is 2.75. The number of para-hydroxylation sites is 3. The summed E-state index contributed by atoms with van der Waals surface area (Å²) in [6, 6.07) is 12.7. The van der Waals surface area contributed by atoms with Gasteiger partial charge < -0.3 is 15.0 Å². The number of nitrogens with one attached hydrogen (secondary N) is 1. The van der Waals surface area contributed by atoms with Crippen LogP contribution in [0.4, 0.5) is 15.8 Å². The minimum absolute atomic E-state index is 0.244. The molecule has 0 saturated carbocycles. The molecule has 0 unspecified atom stereocenters. The van der Waals surface area contributed by atoms with Crippen molar-refractivity contribution in [3.05, 3.63) is 53.8 Å². The van der Waals surface area contributed by atoms with Crippen LogP contribution < -0.4 is 15.0 Å². The van der Waals surface area contributed by atoms with Crippen LogP contribution in [0, 0.1) is 5.82 Å². The van der Waals surface area contributed by atoms with Gasteiger partial charge in [0.1, 0.15) is 11.6 Å². The lowest BCUT2D eigenvalue weighted by Gasteiger charge is -2.24. The topological polar surface area (TPSA) is 24.5 Å². The molecule has 4 heteroatoms. The Balaban J connectivity index is 2.50. The second-order valence-electron chi connectivity index (χ2n) is 4.51. The Bertz CT molecular complexity index is 586. The Kier molecular flexibility index (Phi) is 4.58. The summed E-state index contributed by atoms with van der Waals surface area (Å²) in [6.45, 7) is 0.604. The molecule has 2 rings (SSSR count). The maximum Gasteiger partial charge on any atom is 0.147 e. The molecular formula is C16H19FN2O. The summed E-state index contributed by atoms with van der Waals surface area (Å²) in [5, 5.41) is 3.06. The van der Waals surface area contributed by atoms with Crippen LogP contribution in [-0.2, 0) is 6.54 Å². The highest BCUT2D eigenvalue weighted by Gasteiger charge is 2.16. The van der Waals surface area contributed by atoms with Gasteiger partial charge >= 0.3 is 0 Å². The molecule has 0 aliphatic carbocycles. The maximum absolute atomic E-state index is 14.2. The van der Waals surface area contributed by atoms with Crippen LogP contribution >= 0.6 is 0 Å². The Morgan fingerprint density at radius 3 is 2.60 bits per heavy atom. The molecule has 0 radical (unpaired) electrons. The van der Waals surface area contributed by atoms with Gasteiger partial charge in [-0.25, -0.2) is 4.39 Å². The summed E-state index contributed by atoms with van der Waals surface area (Å²) < 4.78 is 19.6. The minimum Gasteiger partial charge on any atom is -0.495 e. The van der Waals surface area contributed by atoms with E-state index in [-0.39, 0.29) is 5.82 Å². The molecule has 1 N–H and O–H groups in total. The predicted molar refractivity (Wildman–Crippen MR) is 80.2 cm³/mol. The van der Waals surface area contributed by atoms with Crippen molar-refractivity contribution in [2.24, 2.45) is 0 Å². The van der Waals surface area contributed by atoms with Gasteiger partial charge in [0.25, 0.3) is 0 Å². The number of anilines is 2. The van der Waals surface area contributed by atoms with Gasteiger partial charge in [-0.2, -0.15) is 0 Å². The first-order chi connectivity index (χ1) is 9.69. The van der Waals surface area contributed by atoms with Gasteiger partial charge in [-0.3, -0.25) is 0 Å². The van der Waals surface area contributed by atoms with Gasteiger partial charge in [0.15, 0.2) is 0 Å². The normalized spacial score (nSPS) is 10.4. The zero-order valence-corrected chi connectivity index (χ0v) is 12.0. The third-order valence-electron chi connectivity index (χ3n) is 3.22. The molecule has 0 fully saturated rings. The fourth-order valence-corrected chi connectivity index (χ4v) is 2.30. The quantitative estimate of drug-likeness (QED) is 0.905. The van der Waals surface area contributed by atoms with E-state index in [1.807, 2.05) is 49.3 Å². The van der Waals surface area contributed by atoms with Gasteiger partial charge in [-0.05, 0) is 30.8 Å². The molecule has 2 aromatic rings. The first-order valence-electron chi connectivity index (χ1n) is 6.47. The lowest BCUT2D eigenvalue weighted by molar-refractivity contribution is 0.415. The van der Waals surface area contributed by atoms with E-state index in [0.717, 1.165) is 11.3 Å². The molecule has 0 aliphatic rings. The van der Waals surface area contributed by atoms with Crippen LogP contribution in [0.15, 0.2) is 42.5 Å². The molecule has 0 aromatic heterocycles. The van der Waals surface area contributed by atoms with Crippen molar-refractivity contribution >= 4 is 11.4 Å². The first kappa shape index (κ1) is 14.3. The Labute approximate surface area is 119 Å². The predicted octanol–water partition coefficient (Wildman–Crippen LogP) is 3.32. The molecule has 0 bridgehead atoms. The number of rotatable bonds is 5. The number of ether oxygens (including phenoxy) is 1. The minimum atomic E-state index is -0.244. The average Bonchev–Trinajstić information content (AvgIpc) is 2.47. The highest BCUT2D eigenvalue weighted by Crippen LogP contribution is 2.35. The van der Waals surface area contributed by atoms with E-state index in [1.54, 1.807) is 13.2 Å². The van der Waals surface area contributed by atoms with Crippen molar-refractivity contribution < 1.29 is 9.13 Å². The summed E-state index contributed by atoms with van der Waals surface area (Å²) in [6.07, 6.45) is 0. The first-order valence-corrected chi connectivity index (χ1v) is 6.47. The fraction of sp³-hybridized carbons (Fsp3) is 0.250. The second kappa shape index (κ2) is 6.39. The van der Waals surface area contributed by atoms with Crippen molar-refractivity contribution in [1.29, 1.82) is 0 Å². The Hall–Kier alpha value is -2.07. The molecule has 0 amide bonds. The molecule has 2 aromatic carbocycles. The number of hydrogen-bond donors (Lipinski definition) is 1. The number of hydrogen-bond acceptors (Lipinski definition) is 3. The summed E-state index contributed by atoms with van der Waals surface area (Å²) >= 11 is 0. The van der Waals surface area contributed by atoms with Crippen molar-refractivity contribution in [2.45, 2.75) is 6.54 Å². The fourth-order valence-electron chi connectivity index (χ4n) is 2.30. The van der Waals surface area contributed by atoms with Gasteiger partial charge in [0.05, 0.1) is 18.5 Å². The average molecular weight is 274 g/mol. The highest BCUT2D eigenvalue weighted by atomic mass is 19.1. The van der Waals surface area contributed by atoms with E-state index in [9.17, 15) is 4.39 Å². The molecule has 20 heavy (non-hydrogen) atoms.